The summed E-state index contributed by atoms with van der Waals surface area (Å²) in [4.78, 5) is 17.4. The average Bonchev–Trinajstić information content (AvgIpc) is 2.60. The summed E-state index contributed by atoms with van der Waals surface area (Å²) in [6.07, 6.45) is 3.85. The molecular formula is C18H25N5O. The van der Waals surface area contributed by atoms with Crippen molar-refractivity contribution >= 4 is 11.6 Å². The highest BCUT2D eigenvalue weighted by Crippen LogP contribution is 2.24. The van der Waals surface area contributed by atoms with E-state index in [0.717, 1.165) is 55.7 Å². The second-order valence-corrected chi connectivity index (χ2v) is 6.49. The Kier molecular flexibility index (Phi) is 5.13. The van der Waals surface area contributed by atoms with Crippen molar-refractivity contribution in [1.82, 2.24) is 15.0 Å². The summed E-state index contributed by atoms with van der Waals surface area (Å²) in [6, 6.07) is 7.94. The zero-order valence-corrected chi connectivity index (χ0v) is 14.6. The molecule has 0 amide bonds. The molecule has 3 rings (SSSR count). The summed E-state index contributed by atoms with van der Waals surface area (Å²) in [6.45, 7) is 4.71. The Labute approximate surface area is 143 Å². The minimum Gasteiger partial charge on any atom is -0.477 e. The van der Waals surface area contributed by atoms with Crippen LogP contribution in [0, 0.1) is 12.8 Å². The molecule has 1 aliphatic heterocycles. The summed E-state index contributed by atoms with van der Waals surface area (Å²) in [7, 11) is 3.99. The van der Waals surface area contributed by atoms with Gasteiger partial charge in [0.2, 0.25) is 5.88 Å². The molecule has 0 saturated carbocycles. The molecule has 0 radical (unpaired) electrons. The molecule has 24 heavy (non-hydrogen) atoms. The summed E-state index contributed by atoms with van der Waals surface area (Å²) in [5, 5.41) is 0. The highest BCUT2D eigenvalue weighted by Gasteiger charge is 2.21. The fourth-order valence-electron chi connectivity index (χ4n) is 2.89. The van der Waals surface area contributed by atoms with Crippen LogP contribution < -0.4 is 14.5 Å². The summed E-state index contributed by atoms with van der Waals surface area (Å²) in [5.41, 5.74) is 0.989. The lowest BCUT2D eigenvalue weighted by atomic mass is 9.98. The number of nitrogens with zero attached hydrogens (tertiary/aromatic N) is 5. The summed E-state index contributed by atoms with van der Waals surface area (Å²) in [5.74, 6) is 3.24. The van der Waals surface area contributed by atoms with E-state index in [1.165, 1.54) is 0 Å². The van der Waals surface area contributed by atoms with Crippen LogP contribution in [0.15, 0.2) is 30.6 Å². The van der Waals surface area contributed by atoms with Gasteiger partial charge in [-0.3, -0.25) is 0 Å². The van der Waals surface area contributed by atoms with Crippen LogP contribution in [0.1, 0.15) is 18.5 Å². The van der Waals surface area contributed by atoms with Gasteiger partial charge < -0.3 is 14.5 Å². The Morgan fingerprint density at radius 3 is 2.71 bits per heavy atom. The number of rotatable bonds is 5. The molecule has 2 aromatic rings. The standard InChI is InChI=1S/C18H25N5O/c1-14-5-4-6-18(21-14)24-12-15-7-9-23(10-8-15)17-11-16(22(2)3)19-13-20-17/h4-6,11,13,15H,7-10,12H2,1-3H3. The van der Waals surface area contributed by atoms with Crippen molar-refractivity contribution in [3.05, 3.63) is 36.3 Å². The molecule has 0 N–H and O–H groups in total. The first-order chi connectivity index (χ1) is 11.6. The van der Waals surface area contributed by atoms with Gasteiger partial charge in [0.15, 0.2) is 0 Å². The maximum Gasteiger partial charge on any atom is 0.213 e. The lowest BCUT2D eigenvalue weighted by Crippen LogP contribution is -2.36. The first-order valence-corrected chi connectivity index (χ1v) is 8.42. The van der Waals surface area contributed by atoms with E-state index < -0.39 is 0 Å². The molecular weight excluding hydrogens is 302 g/mol. The van der Waals surface area contributed by atoms with Crippen LogP contribution in [0.4, 0.5) is 11.6 Å². The van der Waals surface area contributed by atoms with Crippen molar-refractivity contribution < 1.29 is 4.74 Å². The van der Waals surface area contributed by atoms with Crippen molar-refractivity contribution in [3.63, 3.8) is 0 Å². The number of hydrogen-bond acceptors (Lipinski definition) is 6. The Morgan fingerprint density at radius 1 is 1.21 bits per heavy atom. The second kappa shape index (κ2) is 7.47. The minimum atomic E-state index is 0.568. The van der Waals surface area contributed by atoms with E-state index in [4.69, 9.17) is 4.74 Å². The smallest absolute Gasteiger partial charge is 0.213 e. The van der Waals surface area contributed by atoms with Gasteiger partial charge in [0.25, 0.3) is 0 Å². The maximum absolute atomic E-state index is 5.86. The third-order valence-corrected chi connectivity index (χ3v) is 4.36. The number of pyridine rings is 1. The van der Waals surface area contributed by atoms with Gasteiger partial charge in [-0.15, -0.1) is 0 Å². The number of piperidine rings is 1. The fourth-order valence-corrected chi connectivity index (χ4v) is 2.89. The highest BCUT2D eigenvalue weighted by atomic mass is 16.5. The predicted octanol–water partition coefficient (Wildman–Crippen LogP) is 2.54. The molecule has 0 spiro atoms. The Balaban J connectivity index is 1.51. The van der Waals surface area contributed by atoms with Crippen molar-refractivity contribution in [1.29, 1.82) is 0 Å². The average molecular weight is 327 g/mol. The molecule has 6 nitrogen and oxygen atoms in total. The van der Waals surface area contributed by atoms with Crippen molar-refractivity contribution in [2.24, 2.45) is 5.92 Å². The van der Waals surface area contributed by atoms with Crippen LogP contribution in [0.5, 0.6) is 5.88 Å². The zero-order valence-electron chi connectivity index (χ0n) is 14.6. The normalized spacial score (nSPS) is 15.4. The zero-order chi connectivity index (χ0) is 16.9. The van der Waals surface area contributed by atoms with Gasteiger partial charge in [0.05, 0.1) is 6.61 Å². The van der Waals surface area contributed by atoms with Crippen molar-refractivity contribution in [2.75, 3.05) is 43.6 Å². The monoisotopic (exact) mass is 327 g/mol. The van der Waals surface area contributed by atoms with E-state index in [-0.39, 0.29) is 0 Å². The molecule has 1 fully saturated rings. The number of anilines is 2. The lowest BCUT2D eigenvalue weighted by molar-refractivity contribution is 0.215. The van der Waals surface area contributed by atoms with Crippen molar-refractivity contribution in [3.8, 4) is 5.88 Å². The topological polar surface area (TPSA) is 54.4 Å². The summed E-state index contributed by atoms with van der Waals surface area (Å²) >= 11 is 0. The highest BCUT2D eigenvalue weighted by molar-refractivity contribution is 5.49. The van der Waals surface area contributed by atoms with Crippen LogP contribution in [-0.2, 0) is 0 Å². The molecule has 0 unspecified atom stereocenters. The molecule has 1 saturated heterocycles. The molecule has 6 heteroatoms. The van der Waals surface area contributed by atoms with Gasteiger partial charge in [-0.2, -0.15) is 0 Å². The molecule has 2 aromatic heterocycles. The van der Waals surface area contributed by atoms with Gasteiger partial charge >= 0.3 is 0 Å². The summed E-state index contributed by atoms with van der Waals surface area (Å²) < 4.78 is 5.86. The molecule has 1 aliphatic rings. The molecule has 0 aliphatic carbocycles. The van der Waals surface area contributed by atoms with E-state index in [9.17, 15) is 0 Å². The second-order valence-electron chi connectivity index (χ2n) is 6.49. The number of ether oxygens (including phenoxy) is 1. The molecule has 128 valence electrons. The first kappa shape index (κ1) is 16.5. The van der Waals surface area contributed by atoms with Crippen LogP contribution in [0.3, 0.4) is 0 Å². The van der Waals surface area contributed by atoms with Gasteiger partial charge in [-0.25, -0.2) is 15.0 Å². The van der Waals surface area contributed by atoms with Crippen molar-refractivity contribution in [2.45, 2.75) is 19.8 Å². The third kappa shape index (κ3) is 4.13. The molecule has 0 atom stereocenters. The van der Waals surface area contributed by atoms with Crippen LogP contribution in [0.2, 0.25) is 0 Å². The predicted molar refractivity (Wildman–Crippen MR) is 95.8 cm³/mol. The van der Waals surface area contributed by atoms with Crippen LogP contribution >= 0.6 is 0 Å². The Bertz CT molecular complexity index is 668. The largest absolute Gasteiger partial charge is 0.477 e. The number of aromatic nitrogens is 3. The Hall–Kier alpha value is -2.37. The van der Waals surface area contributed by atoms with E-state index in [2.05, 4.69) is 19.9 Å². The maximum atomic E-state index is 5.86. The lowest BCUT2D eigenvalue weighted by Gasteiger charge is -2.32. The number of hydrogen-bond donors (Lipinski definition) is 0. The van der Waals surface area contributed by atoms with Gasteiger partial charge in [0, 0.05) is 45.0 Å². The minimum absolute atomic E-state index is 0.568. The van der Waals surface area contributed by atoms with Gasteiger partial charge in [0.1, 0.15) is 18.0 Å². The van der Waals surface area contributed by atoms with Crippen LogP contribution in [0.25, 0.3) is 0 Å². The van der Waals surface area contributed by atoms with Gasteiger partial charge in [-0.1, -0.05) is 6.07 Å². The SMILES string of the molecule is Cc1cccc(OCC2CCN(c3cc(N(C)C)ncn3)CC2)n1. The number of aryl methyl sites for hydroxylation is 1. The van der Waals surface area contributed by atoms with E-state index in [0.29, 0.717) is 5.92 Å². The van der Waals surface area contributed by atoms with Gasteiger partial charge in [-0.05, 0) is 31.7 Å². The molecule has 0 aromatic carbocycles. The van der Waals surface area contributed by atoms with Crippen LogP contribution in [-0.4, -0.2) is 48.7 Å². The molecule has 0 bridgehead atoms. The molecule has 3 heterocycles. The first-order valence-electron chi connectivity index (χ1n) is 8.42. The third-order valence-electron chi connectivity index (χ3n) is 4.36. The Morgan fingerprint density at radius 2 is 2.00 bits per heavy atom. The van der Waals surface area contributed by atoms with E-state index in [1.807, 2.05) is 50.2 Å². The fraction of sp³-hybridized carbons (Fsp3) is 0.500. The quantitative estimate of drug-likeness (QED) is 0.841. The van der Waals surface area contributed by atoms with E-state index >= 15 is 0 Å². The van der Waals surface area contributed by atoms with E-state index in [1.54, 1.807) is 6.33 Å².